The number of amides is 1. The number of fused-ring (bicyclic) bond motifs is 1. The number of phenolic OH excluding ortho intramolecular Hbond substituents is 1. The lowest BCUT2D eigenvalue weighted by Crippen LogP contribution is -2.33. The number of phenols is 1. The first-order valence-corrected chi connectivity index (χ1v) is 10.1. The van der Waals surface area contributed by atoms with Gasteiger partial charge in [0.05, 0.1) is 26.2 Å². The second kappa shape index (κ2) is 9.46. The number of hydrogen-bond donors (Lipinski definition) is 1. The van der Waals surface area contributed by atoms with Gasteiger partial charge >= 0.3 is 0 Å². The predicted molar refractivity (Wildman–Crippen MR) is 114 cm³/mol. The summed E-state index contributed by atoms with van der Waals surface area (Å²) in [6, 6.07) is 22.9. The van der Waals surface area contributed by atoms with Crippen molar-refractivity contribution in [3.05, 3.63) is 95.1 Å². The Balaban J connectivity index is 1.40. The van der Waals surface area contributed by atoms with Gasteiger partial charge in [0.1, 0.15) is 18.1 Å². The van der Waals surface area contributed by atoms with Gasteiger partial charge in [0.15, 0.2) is 0 Å². The van der Waals surface area contributed by atoms with Gasteiger partial charge in [-0.1, -0.05) is 48.5 Å². The average molecular weight is 403 g/mol. The fourth-order valence-electron chi connectivity index (χ4n) is 3.56. The Morgan fingerprint density at radius 3 is 2.57 bits per heavy atom. The van der Waals surface area contributed by atoms with Crippen LogP contribution in [0.5, 0.6) is 11.5 Å². The molecule has 0 unspecified atom stereocenters. The first-order valence-electron chi connectivity index (χ1n) is 10.1. The number of benzene rings is 3. The minimum atomic E-state index is 0.0165. The van der Waals surface area contributed by atoms with Gasteiger partial charge in [0, 0.05) is 12.1 Å². The van der Waals surface area contributed by atoms with Crippen molar-refractivity contribution >= 4 is 5.91 Å². The third kappa shape index (κ3) is 5.19. The molecule has 0 aliphatic carbocycles. The second-order valence-corrected chi connectivity index (χ2v) is 7.43. The monoisotopic (exact) mass is 403 g/mol. The van der Waals surface area contributed by atoms with E-state index in [1.54, 1.807) is 18.2 Å². The van der Waals surface area contributed by atoms with Gasteiger partial charge in [0.2, 0.25) is 5.91 Å². The van der Waals surface area contributed by atoms with Gasteiger partial charge in [-0.15, -0.1) is 0 Å². The number of hydrogen-bond acceptors (Lipinski definition) is 4. The Kier molecular flexibility index (Phi) is 6.30. The summed E-state index contributed by atoms with van der Waals surface area (Å²) in [6.07, 6.45) is 0.254. The predicted octanol–water partition coefficient (Wildman–Crippen LogP) is 4.07. The lowest BCUT2D eigenvalue weighted by atomic mass is 10.1. The number of aromatic hydroxyl groups is 1. The summed E-state index contributed by atoms with van der Waals surface area (Å²) in [5.74, 6) is 1.00. The normalized spacial score (nSPS) is 13.3. The molecule has 5 nitrogen and oxygen atoms in total. The summed E-state index contributed by atoms with van der Waals surface area (Å²) in [5.41, 5.74) is 3.97. The Morgan fingerprint density at radius 2 is 1.73 bits per heavy atom. The molecular formula is C25H25NO4. The lowest BCUT2D eigenvalue weighted by Gasteiger charge is -2.20. The van der Waals surface area contributed by atoms with E-state index >= 15 is 0 Å². The molecule has 154 valence electrons. The fraction of sp³-hybridized carbons (Fsp3) is 0.240. The molecule has 0 spiro atoms. The number of rotatable bonds is 6. The smallest absolute Gasteiger partial charge is 0.227 e. The van der Waals surface area contributed by atoms with Crippen molar-refractivity contribution in [2.45, 2.75) is 26.2 Å². The molecule has 3 aromatic rings. The molecule has 4 rings (SSSR count). The van der Waals surface area contributed by atoms with Crippen molar-refractivity contribution in [2.75, 3.05) is 13.2 Å². The maximum atomic E-state index is 12.8. The Bertz CT molecular complexity index is 1000. The van der Waals surface area contributed by atoms with E-state index in [4.69, 9.17) is 9.47 Å². The Morgan fingerprint density at radius 1 is 0.933 bits per heavy atom. The third-order valence-electron chi connectivity index (χ3n) is 5.10. The molecule has 0 bridgehead atoms. The van der Waals surface area contributed by atoms with Crippen LogP contribution >= 0.6 is 0 Å². The van der Waals surface area contributed by atoms with Gasteiger partial charge < -0.3 is 19.5 Å². The molecular weight excluding hydrogens is 378 g/mol. The number of carbonyl (C=O) groups excluding carboxylic acids is 1. The van der Waals surface area contributed by atoms with Crippen LogP contribution < -0.4 is 4.74 Å². The summed E-state index contributed by atoms with van der Waals surface area (Å²) >= 11 is 0. The SMILES string of the molecule is O=C(Cc1cccc(O)c1)N1CCOc2ccc(COCc3ccccc3)cc2C1. The van der Waals surface area contributed by atoms with Gasteiger partial charge in [-0.2, -0.15) is 0 Å². The first kappa shape index (κ1) is 20.0. The summed E-state index contributed by atoms with van der Waals surface area (Å²) in [7, 11) is 0. The van der Waals surface area contributed by atoms with Crippen LogP contribution in [0.25, 0.3) is 0 Å². The van der Waals surface area contributed by atoms with Crippen molar-refractivity contribution < 1.29 is 19.4 Å². The zero-order chi connectivity index (χ0) is 20.8. The highest BCUT2D eigenvalue weighted by atomic mass is 16.5. The number of nitrogens with zero attached hydrogens (tertiary/aromatic N) is 1. The minimum absolute atomic E-state index is 0.0165. The molecule has 0 aromatic heterocycles. The van der Waals surface area contributed by atoms with Crippen molar-refractivity contribution in [3.63, 3.8) is 0 Å². The van der Waals surface area contributed by atoms with E-state index in [1.807, 2.05) is 53.4 Å². The van der Waals surface area contributed by atoms with Crippen LogP contribution in [0.15, 0.2) is 72.8 Å². The summed E-state index contributed by atoms with van der Waals surface area (Å²) < 4.78 is 11.7. The molecule has 3 aromatic carbocycles. The van der Waals surface area contributed by atoms with E-state index in [-0.39, 0.29) is 18.1 Å². The lowest BCUT2D eigenvalue weighted by molar-refractivity contribution is -0.131. The Hall–Kier alpha value is -3.31. The molecule has 30 heavy (non-hydrogen) atoms. The van der Waals surface area contributed by atoms with Crippen LogP contribution in [0.4, 0.5) is 0 Å². The minimum Gasteiger partial charge on any atom is -0.508 e. The van der Waals surface area contributed by atoms with Crippen LogP contribution in [-0.4, -0.2) is 29.1 Å². The van der Waals surface area contributed by atoms with E-state index in [0.29, 0.717) is 32.9 Å². The molecule has 0 fully saturated rings. The molecule has 1 aliphatic rings. The van der Waals surface area contributed by atoms with Gasteiger partial charge in [-0.25, -0.2) is 0 Å². The van der Waals surface area contributed by atoms with Gasteiger partial charge in [-0.3, -0.25) is 4.79 Å². The maximum absolute atomic E-state index is 12.8. The first-order chi connectivity index (χ1) is 14.7. The molecule has 0 saturated carbocycles. The van der Waals surface area contributed by atoms with Crippen LogP contribution in [-0.2, 0) is 35.7 Å². The van der Waals surface area contributed by atoms with E-state index in [0.717, 1.165) is 28.0 Å². The molecule has 0 atom stereocenters. The molecule has 5 heteroatoms. The summed E-state index contributed by atoms with van der Waals surface area (Å²) in [6.45, 7) is 2.55. The highest BCUT2D eigenvalue weighted by molar-refractivity contribution is 5.79. The zero-order valence-electron chi connectivity index (χ0n) is 16.8. The van der Waals surface area contributed by atoms with Gasteiger partial charge in [0.25, 0.3) is 0 Å². The van der Waals surface area contributed by atoms with Gasteiger partial charge in [-0.05, 0) is 41.0 Å². The largest absolute Gasteiger partial charge is 0.508 e. The molecule has 1 N–H and O–H groups in total. The summed E-state index contributed by atoms with van der Waals surface area (Å²) in [4.78, 5) is 14.6. The van der Waals surface area contributed by atoms with E-state index < -0.39 is 0 Å². The van der Waals surface area contributed by atoms with Crippen LogP contribution in [0.3, 0.4) is 0 Å². The van der Waals surface area contributed by atoms with Crippen molar-refractivity contribution in [3.8, 4) is 11.5 Å². The Labute approximate surface area is 176 Å². The molecule has 1 aliphatic heterocycles. The standard InChI is InChI=1S/C25H25NO4/c27-23-8-4-7-20(14-23)15-25(28)26-11-12-30-24-10-9-21(13-22(24)16-26)18-29-17-19-5-2-1-3-6-19/h1-10,13-14,27H,11-12,15-18H2. The van der Waals surface area contributed by atoms with Crippen LogP contribution in [0.1, 0.15) is 22.3 Å². The number of ether oxygens (including phenoxy) is 2. The molecule has 1 amide bonds. The number of carbonyl (C=O) groups is 1. The quantitative estimate of drug-likeness (QED) is 0.674. The van der Waals surface area contributed by atoms with Crippen molar-refractivity contribution in [1.82, 2.24) is 4.90 Å². The molecule has 1 heterocycles. The average Bonchev–Trinajstić information content (AvgIpc) is 2.97. The fourth-order valence-corrected chi connectivity index (χ4v) is 3.56. The van der Waals surface area contributed by atoms with Crippen LogP contribution in [0, 0.1) is 0 Å². The van der Waals surface area contributed by atoms with Crippen LogP contribution in [0.2, 0.25) is 0 Å². The maximum Gasteiger partial charge on any atom is 0.227 e. The zero-order valence-corrected chi connectivity index (χ0v) is 16.8. The van der Waals surface area contributed by atoms with E-state index in [9.17, 15) is 9.90 Å². The highest BCUT2D eigenvalue weighted by Crippen LogP contribution is 2.25. The summed E-state index contributed by atoms with van der Waals surface area (Å²) in [5, 5.41) is 9.63. The topological polar surface area (TPSA) is 59.0 Å². The third-order valence-corrected chi connectivity index (χ3v) is 5.10. The van der Waals surface area contributed by atoms with Crippen molar-refractivity contribution in [1.29, 1.82) is 0 Å². The van der Waals surface area contributed by atoms with E-state index in [1.165, 1.54) is 0 Å². The second-order valence-electron chi connectivity index (χ2n) is 7.43. The molecule has 0 saturated heterocycles. The highest BCUT2D eigenvalue weighted by Gasteiger charge is 2.20. The molecule has 0 radical (unpaired) electrons. The van der Waals surface area contributed by atoms with Crippen molar-refractivity contribution in [2.24, 2.45) is 0 Å². The van der Waals surface area contributed by atoms with E-state index in [2.05, 4.69) is 6.07 Å².